The summed E-state index contributed by atoms with van der Waals surface area (Å²) in [6.45, 7) is 7.99. The third-order valence-electron chi connectivity index (χ3n) is 4.54. The molecule has 0 aliphatic carbocycles. The fraction of sp³-hybridized carbons (Fsp3) is 0.333. The van der Waals surface area contributed by atoms with E-state index in [0.717, 1.165) is 27.7 Å². The number of benzene rings is 1. The predicted molar refractivity (Wildman–Crippen MR) is 108 cm³/mol. The van der Waals surface area contributed by atoms with Gasteiger partial charge < -0.3 is 10.1 Å². The van der Waals surface area contributed by atoms with E-state index in [0.29, 0.717) is 11.6 Å². The molecule has 1 aromatic carbocycles. The summed E-state index contributed by atoms with van der Waals surface area (Å²) in [4.78, 5) is 28.3. The minimum atomic E-state index is -0.419. The number of pyridine rings is 1. The third kappa shape index (κ3) is 4.03. The van der Waals surface area contributed by atoms with Crippen molar-refractivity contribution in [3.05, 3.63) is 46.6 Å². The zero-order valence-electron chi connectivity index (χ0n) is 16.8. The van der Waals surface area contributed by atoms with Gasteiger partial charge >= 0.3 is 5.97 Å². The number of nitrogens with zero attached hydrogens (tertiary/aromatic N) is 3. The van der Waals surface area contributed by atoms with E-state index in [1.807, 2.05) is 26.8 Å². The summed E-state index contributed by atoms with van der Waals surface area (Å²) in [5, 5.41) is 8.41. The number of rotatable bonds is 5. The number of fused-ring (bicyclic) bond motifs is 1. The van der Waals surface area contributed by atoms with Crippen LogP contribution >= 0.6 is 0 Å². The Hall–Kier alpha value is -3.22. The number of aryl methyl sites for hydroxylation is 4. The second-order valence-electron chi connectivity index (χ2n) is 6.98. The van der Waals surface area contributed by atoms with Crippen LogP contribution in [-0.4, -0.2) is 33.8 Å². The number of hydrogen-bond donors (Lipinski definition) is 1. The highest BCUT2D eigenvalue weighted by Gasteiger charge is 2.15. The van der Waals surface area contributed by atoms with Gasteiger partial charge in [0.15, 0.2) is 5.82 Å². The molecule has 0 fully saturated rings. The number of anilines is 1. The number of esters is 1. The second kappa shape index (κ2) is 7.80. The molecule has 146 valence electrons. The Kier molecular flexibility index (Phi) is 5.44. The number of ether oxygens (including phenoxy) is 1. The Balaban J connectivity index is 1.96. The van der Waals surface area contributed by atoms with Gasteiger partial charge in [-0.3, -0.25) is 9.59 Å². The van der Waals surface area contributed by atoms with E-state index in [2.05, 4.69) is 34.2 Å². The number of amides is 1. The minimum Gasteiger partial charge on any atom is -0.469 e. The molecule has 2 heterocycles. The quantitative estimate of drug-likeness (QED) is 0.684. The molecular weight excluding hydrogens is 356 g/mol. The first-order chi connectivity index (χ1) is 13.3. The van der Waals surface area contributed by atoms with Crippen LogP contribution in [0, 0.1) is 27.7 Å². The van der Waals surface area contributed by atoms with Gasteiger partial charge in [-0.2, -0.15) is 9.78 Å². The maximum Gasteiger partial charge on any atom is 0.306 e. The molecule has 3 rings (SSSR count). The first-order valence-electron chi connectivity index (χ1n) is 9.11. The summed E-state index contributed by atoms with van der Waals surface area (Å²) in [5.74, 6) is 0.449. The molecule has 1 amide bonds. The Morgan fingerprint density at radius 1 is 1.04 bits per heavy atom. The summed E-state index contributed by atoms with van der Waals surface area (Å²) >= 11 is 0. The van der Waals surface area contributed by atoms with Crippen molar-refractivity contribution in [2.75, 3.05) is 12.4 Å². The number of carbonyl (C=O) groups excluding carboxylic acids is 2. The highest BCUT2D eigenvalue weighted by Crippen LogP contribution is 2.25. The van der Waals surface area contributed by atoms with Gasteiger partial charge in [-0.1, -0.05) is 11.6 Å². The number of hydrogen-bond acceptors (Lipinski definition) is 5. The maximum absolute atomic E-state index is 12.2. The Labute approximate surface area is 163 Å². The monoisotopic (exact) mass is 380 g/mol. The molecule has 0 aliphatic heterocycles. The fourth-order valence-corrected chi connectivity index (χ4v) is 3.22. The topological polar surface area (TPSA) is 86.1 Å². The van der Waals surface area contributed by atoms with E-state index in [1.165, 1.54) is 12.7 Å². The molecule has 7 heteroatoms. The molecule has 0 aliphatic rings. The molecule has 2 aromatic heterocycles. The van der Waals surface area contributed by atoms with Crippen molar-refractivity contribution in [1.82, 2.24) is 14.8 Å². The van der Waals surface area contributed by atoms with Crippen molar-refractivity contribution in [1.29, 1.82) is 0 Å². The van der Waals surface area contributed by atoms with Gasteiger partial charge in [0.05, 0.1) is 24.7 Å². The van der Waals surface area contributed by atoms with E-state index >= 15 is 0 Å². The SMILES string of the molecule is COC(=O)CCC(=O)Nc1cc(C)nn1-c1cc(C)c2cc(C)cc(C)c2n1. The molecule has 28 heavy (non-hydrogen) atoms. The van der Waals surface area contributed by atoms with Crippen molar-refractivity contribution in [3.63, 3.8) is 0 Å². The number of carbonyl (C=O) groups is 2. The lowest BCUT2D eigenvalue weighted by molar-refractivity contribution is -0.141. The van der Waals surface area contributed by atoms with Gasteiger partial charge in [0.1, 0.15) is 5.82 Å². The first kappa shape index (κ1) is 19.5. The summed E-state index contributed by atoms with van der Waals surface area (Å²) in [7, 11) is 1.30. The van der Waals surface area contributed by atoms with Crippen molar-refractivity contribution < 1.29 is 14.3 Å². The van der Waals surface area contributed by atoms with Crippen LogP contribution in [-0.2, 0) is 14.3 Å². The Morgan fingerprint density at radius 2 is 1.79 bits per heavy atom. The number of nitrogens with one attached hydrogen (secondary N) is 1. The molecule has 1 N–H and O–H groups in total. The predicted octanol–water partition coefficient (Wildman–Crippen LogP) is 3.55. The maximum atomic E-state index is 12.2. The van der Waals surface area contributed by atoms with E-state index in [1.54, 1.807) is 10.7 Å². The largest absolute Gasteiger partial charge is 0.469 e. The molecule has 0 bridgehead atoms. The lowest BCUT2D eigenvalue weighted by Crippen LogP contribution is -2.17. The molecule has 0 radical (unpaired) electrons. The number of aromatic nitrogens is 3. The summed E-state index contributed by atoms with van der Waals surface area (Å²) in [6.07, 6.45) is 0.0702. The lowest BCUT2D eigenvalue weighted by Gasteiger charge is -2.12. The summed E-state index contributed by atoms with van der Waals surface area (Å²) in [5.41, 5.74) is 5.03. The van der Waals surface area contributed by atoms with E-state index < -0.39 is 5.97 Å². The Bertz CT molecular complexity index is 1070. The molecule has 0 saturated heterocycles. The molecule has 0 saturated carbocycles. The van der Waals surface area contributed by atoms with Gasteiger partial charge in [-0.15, -0.1) is 0 Å². The smallest absolute Gasteiger partial charge is 0.306 e. The molecule has 3 aromatic rings. The molecular formula is C21H24N4O3. The summed E-state index contributed by atoms with van der Waals surface area (Å²) in [6, 6.07) is 7.96. The summed E-state index contributed by atoms with van der Waals surface area (Å²) < 4.78 is 6.20. The van der Waals surface area contributed by atoms with Crippen LogP contribution < -0.4 is 5.32 Å². The van der Waals surface area contributed by atoms with Crippen molar-refractivity contribution in [2.24, 2.45) is 0 Å². The van der Waals surface area contributed by atoms with Crippen LogP contribution in [0.5, 0.6) is 0 Å². The normalized spacial score (nSPS) is 10.9. The van der Waals surface area contributed by atoms with E-state index in [4.69, 9.17) is 4.98 Å². The highest BCUT2D eigenvalue weighted by molar-refractivity contribution is 5.92. The van der Waals surface area contributed by atoms with Crippen molar-refractivity contribution in [2.45, 2.75) is 40.5 Å². The van der Waals surface area contributed by atoms with E-state index in [-0.39, 0.29) is 18.7 Å². The van der Waals surface area contributed by atoms with E-state index in [9.17, 15) is 9.59 Å². The molecule has 0 unspecified atom stereocenters. The Morgan fingerprint density at radius 3 is 2.50 bits per heavy atom. The van der Waals surface area contributed by atoms with Gasteiger partial charge in [0.2, 0.25) is 5.91 Å². The average molecular weight is 380 g/mol. The van der Waals surface area contributed by atoms with Gasteiger partial charge in [0, 0.05) is 17.9 Å². The van der Waals surface area contributed by atoms with Crippen LogP contribution in [0.25, 0.3) is 16.7 Å². The zero-order chi connectivity index (χ0) is 20.4. The third-order valence-corrected chi connectivity index (χ3v) is 4.54. The van der Waals surface area contributed by atoms with Crippen LogP contribution in [0.1, 0.15) is 35.2 Å². The second-order valence-corrected chi connectivity index (χ2v) is 6.98. The molecule has 0 atom stereocenters. The first-order valence-corrected chi connectivity index (χ1v) is 9.11. The average Bonchev–Trinajstić information content (AvgIpc) is 3.00. The van der Waals surface area contributed by atoms with Crippen molar-refractivity contribution >= 4 is 28.6 Å². The van der Waals surface area contributed by atoms with Crippen LogP contribution in [0.4, 0.5) is 5.82 Å². The van der Waals surface area contributed by atoms with Crippen molar-refractivity contribution in [3.8, 4) is 5.82 Å². The van der Waals surface area contributed by atoms with Gasteiger partial charge in [-0.25, -0.2) is 4.98 Å². The van der Waals surface area contributed by atoms with Crippen LogP contribution in [0.2, 0.25) is 0 Å². The zero-order valence-corrected chi connectivity index (χ0v) is 16.8. The minimum absolute atomic E-state index is 0.0291. The van der Waals surface area contributed by atoms with Crippen LogP contribution in [0.3, 0.4) is 0 Å². The standard InChI is InChI=1S/C21H24N4O3/c1-12-8-14(3)21-16(9-12)13(2)10-17(23-21)25-18(11-15(4)24-25)22-19(26)6-7-20(27)28-5/h8-11H,6-7H2,1-5H3,(H,22,26). The number of methoxy groups -OCH3 is 1. The highest BCUT2D eigenvalue weighted by atomic mass is 16.5. The molecule has 0 spiro atoms. The lowest BCUT2D eigenvalue weighted by atomic mass is 10.0. The molecule has 7 nitrogen and oxygen atoms in total. The van der Waals surface area contributed by atoms with Gasteiger partial charge in [-0.05, 0) is 51.0 Å². The fourth-order valence-electron chi connectivity index (χ4n) is 3.22. The van der Waals surface area contributed by atoms with Gasteiger partial charge in [0.25, 0.3) is 0 Å². The van der Waals surface area contributed by atoms with Crippen LogP contribution in [0.15, 0.2) is 24.3 Å².